The predicted molar refractivity (Wildman–Crippen MR) is 72.7 cm³/mol. The summed E-state index contributed by atoms with van der Waals surface area (Å²) in [5, 5.41) is 6.39. The third kappa shape index (κ3) is 3.93. The normalized spacial score (nSPS) is 10.4. The molecule has 0 spiro atoms. The van der Waals surface area contributed by atoms with Crippen LogP contribution in [-0.4, -0.2) is 12.1 Å². The summed E-state index contributed by atoms with van der Waals surface area (Å²) >= 11 is 5.99. The molecule has 0 saturated heterocycles. The average molecular weight is 255 g/mol. The highest BCUT2D eigenvalue weighted by atomic mass is 35.5. The third-order valence-electron chi connectivity index (χ3n) is 2.84. The maximum Gasteiger partial charge on any atom is 0.319 e. The highest BCUT2D eigenvalue weighted by Crippen LogP contribution is 2.22. The Balaban J connectivity index is 2.65. The van der Waals surface area contributed by atoms with Gasteiger partial charge in [-0.2, -0.15) is 0 Å². The number of hydrogen-bond donors (Lipinski definition) is 2. The lowest BCUT2D eigenvalue weighted by Crippen LogP contribution is -2.37. The summed E-state index contributed by atoms with van der Waals surface area (Å²) in [5.41, 5.74) is 1.63. The molecule has 2 N–H and O–H groups in total. The fourth-order valence-corrected chi connectivity index (χ4v) is 1.75. The van der Waals surface area contributed by atoms with Crippen LogP contribution in [0.1, 0.15) is 32.3 Å². The number of halogens is 1. The molecular formula is C13H19ClN2O. The van der Waals surface area contributed by atoms with Gasteiger partial charge in [-0.3, -0.25) is 0 Å². The van der Waals surface area contributed by atoms with E-state index >= 15 is 0 Å². The first-order valence-corrected chi connectivity index (χ1v) is 6.28. The first kappa shape index (κ1) is 13.8. The minimum absolute atomic E-state index is 0.177. The fourth-order valence-electron chi connectivity index (χ4n) is 1.58. The van der Waals surface area contributed by atoms with Crippen molar-refractivity contribution in [1.29, 1.82) is 0 Å². The smallest absolute Gasteiger partial charge is 0.319 e. The van der Waals surface area contributed by atoms with Crippen molar-refractivity contribution in [2.75, 3.05) is 5.32 Å². The van der Waals surface area contributed by atoms with Gasteiger partial charge in [0.05, 0.1) is 0 Å². The summed E-state index contributed by atoms with van der Waals surface area (Å²) in [5.74, 6) is 0. The van der Waals surface area contributed by atoms with E-state index in [1.807, 2.05) is 19.1 Å². The van der Waals surface area contributed by atoms with Crippen LogP contribution < -0.4 is 10.6 Å². The van der Waals surface area contributed by atoms with Gasteiger partial charge in [-0.25, -0.2) is 4.79 Å². The second kappa shape index (κ2) is 6.50. The zero-order chi connectivity index (χ0) is 12.8. The highest BCUT2D eigenvalue weighted by molar-refractivity contribution is 6.31. The lowest BCUT2D eigenvalue weighted by Gasteiger charge is -2.16. The van der Waals surface area contributed by atoms with Gasteiger partial charge in [-0.15, -0.1) is 0 Å². The van der Waals surface area contributed by atoms with E-state index in [1.54, 1.807) is 6.07 Å². The summed E-state index contributed by atoms with van der Waals surface area (Å²) < 4.78 is 0. The Bertz CT molecular complexity index is 389. The number of anilines is 1. The number of benzene rings is 1. The van der Waals surface area contributed by atoms with E-state index in [-0.39, 0.29) is 12.1 Å². The molecule has 0 aliphatic rings. The van der Waals surface area contributed by atoms with Gasteiger partial charge in [0.2, 0.25) is 0 Å². The van der Waals surface area contributed by atoms with Gasteiger partial charge in [0.1, 0.15) is 0 Å². The maximum absolute atomic E-state index is 11.7. The van der Waals surface area contributed by atoms with Gasteiger partial charge in [0, 0.05) is 16.8 Å². The number of carbonyl (C=O) groups excluding carboxylic acids is 1. The minimum atomic E-state index is -0.177. The molecular weight excluding hydrogens is 236 g/mol. The summed E-state index contributed by atoms with van der Waals surface area (Å²) in [6, 6.07) is 5.51. The zero-order valence-corrected chi connectivity index (χ0v) is 11.3. The van der Waals surface area contributed by atoms with Crippen molar-refractivity contribution in [3.05, 3.63) is 28.8 Å². The van der Waals surface area contributed by atoms with E-state index in [2.05, 4.69) is 24.5 Å². The predicted octanol–water partition coefficient (Wildman–Crippen LogP) is 3.96. The van der Waals surface area contributed by atoms with Crippen LogP contribution in [-0.2, 0) is 0 Å². The Hall–Kier alpha value is -1.22. The molecule has 0 unspecified atom stereocenters. The molecule has 1 aromatic rings. The van der Waals surface area contributed by atoms with Crippen LogP contribution in [0.3, 0.4) is 0 Å². The second-order valence-electron chi connectivity index (χ2n) is 4.02. The average Bonchev–Trinajstić information content (AvgIpc) is 2.32. The molecule has 1 rings (SSSR count). The summed E-state index contributed by atoms with van der Waals surface area (Å²) in [4.78, 5) is 11.7. The lowest BCUT2D eigenvalue weighted by atomic mass is 10.2. The van der Waals surface area contributed by atoms with Crippen molar-refractivity contribution in [3.8, 4) is 0 Å². The number of hydrogen-bond acceptors (Lipinski definition) is 1. The van der Waals surface area contributed by atoms with Crippen LogP contribution in [0, 0.1) is 6.92 Å². The van der Waals surface area contributed by atoms with Gasteiger partial charge in [-0.1, -0.05) is 31.5 Å². The van der Waals surface area contributed by atoms with Crippen LogP contribution >= 0.6 is 11.6 Å². The van der Waals surface area contributed by atoms with E-state index in [0.29, 0.717) is 5.02 Å². The molecule has 0 aromatic heterocycles. The second-order valence-corrected chi connectivity index (χ2v) is 4.43. The van der Waals surface area contributed by atoms with Crippen molar-refractivity contribution < 1.29 is 4.79 Å². The molecule has 0 radical (unpaired) electrons. The van der Waals surface area contributed by atoms with Crippen molar-refractivity contribution in [2.24, 2.45) is 0 Å². The molecule has 0 aliphatic heterocycles. The third-order valence-corrected chi connectivity index (χ3v) is 3.25. The molecule has 17 heavy (non-hydrogen) atoms. The SMILES string of the molecule is CCC(CC)NC(=O)Nc1cccc(Cl)c1C. The minimum Gasteiger partial charge on any atom is -0.335 e. The molecule has 0 aliphatic carbocycles. The lowest BCUT2D eigenvalue weighted by molar-refractivity contribution is 0.247. The number of nitrogens with one attached hydrogen (secondary N) is 2. The molecule has 3 nitrogen and oxygen atoms in total. The van der Waals surface area contributed by atoms with Crippen molar-refractivity contribution in [3.63, 3.8) is 0 Å². The molecule has 0 heterocycles. The van der Waals surface area contributed by atoms with Gasteiger partial charge >= 0.3 is 6.03 Å². The first-order chi connectivity index (χ1) is 8.08. The van der Waals surface area contributed by atoms with Gasteiger partial charge in [0.15, 0.2) is 0 Å². The van der Waals surface area contributed by atoms with E-state index in [9.17, 15) is 4.79 Å². The molecule has 0 bridgehead atoms. The van der Waals surface area contributed by atoms with Crippen LogP contribution in [0.25, 0.3) is 0 Å². The first-order valence-electron chi connectivity index (χ1n) is 5.91. The Morgan fingerprint density at radius 2 is 2.00 bits per heavy atom. The van der Waals surface area contributed by atoms with Crippen molar-refractivity contribution >= 4 is 23.3 Å². The van der Waals surface area contributed by atoms with Crippen LogP contribution in [0.15, 0.2) is 18.2 Å². The van der Waals surface area contributed by atoms with E-state index < -0.39 is 0 Å². The molecule has 4 heteroatoms. The largest absolute Gasteiger partial charge is 0.335 e. The van der Waals surface area contributed by atoms with Crippen LogP contribution in [0.4, 0.5) is 10.5 Å². The summed E-state index contributed by atoms with van der Waals surface area (Å²) in [6.07, 6.45) is 1.86. The number of rotatable bonds is 4. The monoisotopic (exact) mass is 254 g/mol. The van der Waals surface area contributed by atoms with E-state index in [1.165, 1.54) is 0 Å². The summed E-state index contributed by atoms with van der Waals surface area (Å²) in [7, 11) is 0. The molecule has 0 fully saturated rings. The standard InChI is InChI=1S/C13H19ClN2O/c1-4-10(5-2)15-13(17)16-12-8-6-7-11(14)9(12)3/h6-8,10H,4-5H2,1-3H3,(H2,15,16,17). The molecule has 1 aromatic carbocycles. The Labute approximate surface area is 108 Å². The Morgan fingerprint density at radius 1 is 1.35 bits per heavy atom. The van der Waals surface area contributed by atoms with Gasteiger partial charge < -0.3 is 10.6 Å². The number of carbonyl (C=O) groups is 1. The summed E-state index contributed by atoms with van der Waals surface area (Å²) in [6.45, 7) is 5.99. The molecule has 0 atom stereocenters. The topological polar surface area (TPSA) is 41.1 Å². The van der Waals surface area contributed by atoms with E-state index in [0.717, 1.165) is 24.1 Å². The van der Waals surface area contributed by atoms with Gasteiger partial charge in [-0.05, 0) is 37.5 Å². The number of urea groups is 1. The number of amides is 2. The Morgan fingerprint density at radius 3 is 2.59 bits per heavy atom. The van der Waals surface area contributed by atoms with Crippen LogP contribution in [0.2, 0.25) is 5.02 Å². The van der Waals surface area contributed by atoms with E-state index in [4.69, 9.17) is 11.6 Å². The maximum atomic E-state index is 11.7. The van der Waals surface area contributed by atoms with Crippen molar-refractivity contribution in [1.82, 2.24) is 5.32 Å². The molecule has 94 valence electrons. The molecule has 2 amide bonds. The Kier molecular flexibility index (Phi) is 5.29. The van der Waals surface area contributed by atoms with Gasteiger partial charge in [0.25, 0.3) is 0 Å². The van der Waals surface area contributed by atoms with Crippen molar-refractivity contribution in [2.45, 2.75) is 39.7 Å². The quantitative estimate of drug-likeness (QED) is 0.839. The highest BCUT2D eigenvalue weighted by Gasteiger charge is 2.09. The fraction of sp³-hybridized carbons (Fsp3) is 0.462. The molecule has 0 saturated carbocycles. The van der Waals surface area contributed by atoms with Crippen LogP contribution in [0.5, 0.6) is 0 Å². The zero-order valence-electron chi connectivity index (χ0n) is 10.5.